The fraction of sp³-hybridized carbons (Fsp3) is 0.476. The number of carbonyl (C=O) groups is 3. The molecule has 0 aliphatic carbocycles. The summed E-state index contributed by atoms with van der Waals surface area (Å²) in [6.45, 7) is 3.22. The van der Waals surface area contributed by atoms with Crippen LogP contribution in [-0.2, 0) is 19.1 Å². The maximum atomic E-state index is 12.9. The third-order valence-corrected chi connectivity index (χ3v) is 4.64. The molecule has 7 heteroatoms. The van der Waals surface area contributed by atoms with Gasteiger partial charge >= 0.3 is 5.97 Å². The molecule has 2 amide bonds. The highest BCUT2D eigenvalue weighted by molar-refractivity contribution is 6.00. The van der Waals surface area contributed by atoms with Gasteiger partial charge in [0.1, 0.15) is 12.5 Å². The largest absolute Gasteiger partial charge is 0.463 e. The lowest BCUT2D eigenvalue weighted by Gasteiger charge is -2.24. The predicted molar refractivity (Wildman–Crippen MR) is 104 cm³/mol. The summed E-state index contributed by atoms with van der Waals surface area (Å²) in [5.41, 5.74) is 0.784. The Hall–Kier alpha value is -2.67. The zero-order valence-corrected chi connectivity index (χ0v) is 16.3. The molecule has 0 spiro atoms. The van der Waals surface area contributed by atoms with Crippen LogP contribution < -0.4 is 10.6 Å². The fourth-order valence-electron chi connectivity index (χ4n) is 2.84. The topological polar surface area (TPSA) is 105 Å². The van der Waals surface area contributed by atoms with E-state index < -0.39 is 29.8 Å². The summed E-state index contributed by atoms with van der Waals surface area (Å²) in [5, 5.41) is 14.6. The first kappa shape index (κ1) is 21.6. The van der Waals surface area contributed by atoms with E-state index in [0.29, 0.717) is 6.42 Å². The van der Waals surface area contributed by atoms with E-state index in [9.17, 15) is 14.4 Å². The lowest BCUT2D eigenvalue weighted by atomic mass is 9.99. The number of hydrogen-bond acceptors (Lipinski definition) is 5. The van der Waals surface area contributed by atoms with Crippen molar-refractivity contribution in [2.45, 2.75) is 38.8 Å². The van der Waals surface area contributed by atoms with Gasteiger partial charge in [-0.2, -0.15) is 0 Å². The molecule has 1 aliphatic rings. The molecule has 4 atom stereocenters. The fourth-order valence-corrected chi connectivity index (χ4v) is 2.84. The van der Waals surface area contributed by atoms with Crippen LogP contribution in [0.5, 0.6) is 0 Å². The van der Waals surface area contributed by atoms with Gasteiger partial charge in [-0.3, -0.25) is 14.4 Å². The highest BCUT2D eigenvalue weighted by atomic mass is 16.5. The lowest BCUT2D eigenvalue weighted by Crippen LogP contribution is -2.46. The van der Waals surface area contributed by atoms with Gasteiger partial charge in [-0.15, -0.1) is 0 Å². The normalized spacial score (nSPS) is 24.9. The maximum Gasteiger partial charge on any atom is 0.309 e. The van der Waals surface area contributed by atoms with Gasteiger partial charge in [0.15, 0.2) is 0 Å². The molecular formula is C21H28N2O5. The summed E-state index contributed by atoms with van der Waals surface area (Å²) in [4.78, 5) is 37.6. The molecule has 28 heavy (non-hydrogen) atoms. The molecule has 1 aromatic carbocycles. The van der Waals surface area contributed by atoms with Crippen LogP contribution in [0.1, 0.15) is 38.3 Å². The van der Waals surface area contributed by atoms with Crippen LogP contribution in [0, 0.1) is 11.8 Å². The number of ether oxygens (including phenoxy) is 1. The van der Waals surface area contributed by atoms with Crippen LogP contribution in [-0.4, -0.2) is 42.1 Å². The molecule has 7 nitrogen and oxygen atoms in total. The van der Waals surface area contributed by atoms with Gasteiger partial charge in [-0.05, 0) is 25.3 Å². The maximum absolute atomic E-state index is 12.9. The zero-order chi connectivity index (χ0) is 20.5. The molecule has 1 heterocycles. The van der Waals surface area contributed by atoms with Gasteiger partial charge in [0.25, 0.3) is 0 Å². The number of hydrogen-bond donors (Lipinski definition) is 3. The van der Waals surface area contributed by atoms with E-state index in [4.69, 9.17) is 9.84 Å². The number of esters is 1. The molecule has 1 aliphatic heterocycles. The van der Waals surface area contributed by atoms with Crippen LogP contribution in [0.3, 0.4) is 0 Å². The Labute approximate surface area is 165 Å². The Morgan fingerprint density at radius 3 is 2.61 bits per heavy atom. The lowest BCUT2D eigenvalue weighted by molar-refractivity contribution is -0.149. The number of rotatable bonds is 4. The number of carbonyl (C=O) groups excluding carboxylic acids is 3. The third-order valence-electron chi connectivity index (χ3n) is 4.64. The second-order valence-corrected chi connectivity index (χ2v) is 7.09. The second kappa shape index (κ2) is 10.6. The van der Waals surface area contributed by atoms with E-state index in [2.05, 4.69) is 10.6 Å². The average Bonchev–Trinajstić information content (AvgIpc) is 2.69. The van der Waals surface area contributed by atoms with Gasteiger partial charge in [0.05, 0.1) is 18.6 Å². The number of benzene rings is 1. The van der Waals surface area contributed by atoms with Crippen molar-refractivity contribution in [3.8, 4) is 0 Å². The smallest absolute Gasteiger partial charge is 0.309 e. The van der Waals surface area contributed by atoms with Gasteiger partial charge in [-0.1, -0.05) is 49.4 Å². The molecular weight excluding hydrogens is 360 g/mol. The number of allylic oxidation sites excluding steroid dienone is 2. The minimum atomic E-state index is -0.943. The monoisotopic (exact) mass is 388 g/mol. The van der Waals surface area contributed by atoms with E-state index in [-0.39, 0.29) is 31.5 Å². The summed E-state index contributed by atoms with van der Waals surface area (Å²) in [6.07, 6.45) is 4.19. The van der Waals surface area contributed by atoms with E-state index in [1.54, 1.807) is 26.0 Å². The first-order chi connectivity index (χ1) is 13.4. The highest BCUT2D eigenvalue weighted by Crippen LogP contribution is 2.18. The summed E-state index contributed by atoms with van der Waals surface area (Å²) >= 11 is 0. The molecule has 2 rings (SSSR count). The van der Waals surface area contributed by atoms with Crippen LogP contribution in [0.2, 0.25) is 0 Å². The Kier molecular flexibility index (Phi) is 8.19. The van der Waals surface area contributed by atoms with Crippen molar-refractivity contribution in [1.82, 2.24) is 10.6 Å². The number of amides is 2. The molecule has 0 saturated carbocycles. The van der Waals surface area contributed by atoms with E-state index >= 15 is 0 Å². The molecule has 0 saturated heterocycles. The first-order valence-corrected chi connectivity index (χ1v) is 9.50. The van der Waals surface area contributed by atoms with E-state index in [1.165, 1.54) is 0 Å². The van der Waals surface area contributed by atoms with Crippen LogP contribution >= 0.6 is 0 Å². The summed E-state index contributed by atoms with van der Waals surface area (Å²) in [7, 11) is 0. The van der Waals surface area contributed by atoms with Gasteiger partial charge in [0, 0.05) is 6.04 Å². The van der Waals surface area contributed by atoms with Crippen molar-refractivity contribution in [1.29, 1.82) is 0 Å². The van der Waals surface area contributed by atoms with Crippen molar-refractivity contribution < 1.29 is 24.2 Å². The number of cyclic esters (lactones) is 1. The molecule has 0 bridgehead atoms. The van der Waals surface area contributed by atoms with Crippen LogP contribution in [0.25, 0.3) is 0 Å². The number of nitrogens with one attached hydrogen (secondary N) is 2. The predicted octanol–water partition coefficient (Wildman–Crippen LogP) is 1.49. The summed E-state index contributed by atoms with van der Waals surface area (Å²) in [6, 6.07) is 8.17. The molecule has 152 valence electrons. The van der Waals surface area contributed by atoms with Crippen molar-refractivity contribution in [2.75, 3.05) is 13.2 Å². The van der Waals surface area contributed by atoms with E-state index in [1.807, 2.05) is 30.3 Å². The first-order valence-electron chi connectivity index (χ1n) is 9.50. The molecule has 1 aromatic rings. The minimum absolute atomic E-state index is 0.00990. The average molecular weight is 388 g/mol. The molecule has 3 unspecified atom stereocenters. The number of aliphatic hydroxyl groups excluding tert-OH is 1. The van der Waals surface area contributed by atoms with Crippen molar-refractivity contribution in [3.05, 3.63) is 48.0 Å². The van der Waals surface area contributed by atoms with Gasteiger partial charge < -0.3 is 20.5 Å². The Balaban J connectivity index is 2.26. The van der Waals surface area contributed by atoms with Crippen molar-refractivity contribution in [3.63, 3.8) is 0 Å². The third kappa shape index (κ3) is 6.20. The van der Waals surface area contributed by atoms with Gasteiger partial charge in [0.2, 0.25) is 11.8 Å². The Morgan fingerprint density at radius 1 is 1.25 bits per heavy atom. The van der Waals surface area contributed by atoms with Gasteiger partial charge in [-0.25, -0.2) is 0 Å². The molecule has 0 radical (unpaired) electrons. The minimum Gasteiger partial charge on any atom is -0.463 e. The van der Waals surface area contributed by atoms with Crippen molar-refractivity contribution >= 4 is 17.8 Å². The van der Waals surface area contributed by atoms with Crippen LogP contribution in [0.15, 0.2) is 42.5 Å². The van der Waals surface area contributed by atoms with E-state index in [0.717, 1.165) is 5.56 Å². The summed E-state index contributed by atoms with van der Waals surface area (Å²) < 4.78 is 5.40. The zero-order valence-electron chi connectivity index (χ0n) is 16.3. The second-order valence-electron chi connectivity index (χ2n) is 7.09. The quantitative estimate of drug-likeness (QED) is 0.412. The number of aliphatic hydroxyl groups is 1. The Bertz CT molecular complexity index is 704. The highest BCUT2D eigenvalue weighted by Gasteiger charge is 2.29. The standard InChI is InChI=1S/C21H28N2O5/c1-14-8-6-7-11-17(19(25)22-15(2)12-24)20(26)23-18(13-28-21(14)27)16-9-4-3-5-10-16/h3-7,9-10,14-15,17-18,24H,8,11-13H2,1-2H3,(H,22,25)(H,23,26)/t14?,15-,17?,18?/m1/s1. The SMILES string of the molecule is CC1CC=CCC(C(=O)N[C@H](C)CO)C(=O)NC(c2ccccc2)COC1=O. The molecule has 0 fully saturated rings. The van der Waals surface area contributed by atoms with Crippen LogP contribution in [0.4, 0.5) is 0 Å². The van der Waals surface area contributed by atoms with Crippen molar-refractivity contribution in [2.24, 2.45) is 11.8 Å². The molecule has 3 N–H and O–H groups in total. The Morgan fingerprint density at radius 2 is 1.93 bits per heavy atom. The summed E-state index contributed by atoms with van der Waals surface area (Å²) in [5.74, 6) is -2.48. The molecule has 0 aromatic heterocycles.